The Bertz CT molecular complexity index is 165. The van der Waals surface area contributed by atoms with Crippen molar-refractivity contribution in [3.63, 3.8) is 0 Å². The third-order valence-electron chi connectivity index (χ3n) is 3.10. The maximum Gasteiger partial charge on any atom is 0.112 e. The molecule has 0 saturated carbocycles. The van der Waals surface area contributed by atoms with E-state index in [4.69, 9.17) is 0 Å². The van der Waals surface area contributed by atoms with Crippen molar-refractivity contribution in [2.24, 2.45) is 0 Å². The van der Waals surface area contributed by atoms with Crippen molar-refractivity contribution in [1.82, 2.24) is 4.23 Å². The first-order valence-corrected chi connectivity index (χ1v) is 13.9. The quantitative estimate of drug-likeness (QED) is 0.441. The van der Waals surface area contributed by atoms with Crippen molar-refractivity contribution in [3.8, 4) is 0 Å². The van der Waals surface area contributed by atoms with Gasteiger partial charge in [0.2, 0.25) is 0 Å². The third kappa shape index (κ3) is 6.87. The smallest absolute Gasteiger partial charge is 0.112 e. The summed E-state index contributed by atoms with van der Waals surface area (Å²) in [5.74, 6) is 0. The molecule has 0 rings (SSSR count). The van der Waals surface area contributed by atoms with Crippen LogP contribution in [-0.2, 0) is 0 Å². The fourth-order valence-corrected chi connectivity index (χ4v) is 12.3. The monoisotopic (exact) mass is 259 g/mol. The van der Waals surface area contributed by atoms with E-state index in [0.29, 0.717) is 0 Å². The van der Waals surface area contributed by atoms with Gasteiger partial charge in [0.05, 0.1) is 0 Å². The molecule has 3 heteroatoms. The van der Waals surface area contributed by atoms with Crippen LogP contribution in [-0.4, -0.2) is 27.2 Å². The lowest BCUT2D eigenvalue weighted by atomic mass is 10.2. The Labute approximate surface area is 106 Å². The zero-order chi connectivity index (χ0) is 12.8. The maximum atomic E-state index is 2.91. The molecule has 0 aliphatic heterocycles. The summed E-state index contributed by atoms with van der Waals surface area (Å²) in [6.45, 7) is 18.6. The van der Waals surface area contributed by atoms with E-state index in [2.05, 4.69) is 50.4 Å². The predicted molar refractivity (Wildman–Crippen MR) is 82.2 cm³/mol. The molecule has 0 aromatic rings. The first-order valence-electron chi connectivity index (χ1n) is 6.97. The molecule has 98 valence electrons. The van der Waals surface area contributed by atoms with Gasteiger partial charge < -0.3 is 4.23 Å². The molecule has 0 aliphatic rings. The fourth-order valence-electron chi connectivity index (χ4n) is 2.55. The molecule has 0 amide bonds. The first-order chi connectivity index (χ1) is 7.19. The molecular weight excluding hydrogens is 226 g/mol. The summed E-state index contributed by atoms with van der Waals surface area (Å²) in [5, 5.41) is 0. The number of unbranched alkanes of at least 4 members (excludes halogenated alkanes) is 4. The largest absolute Gasteiger partial charge is 0.346 e. The Balaban J connectivity index is 4.06. The lowest BCUT2D eigenvalue weighted by Crippen LogP contribution is -2.59. The normalized spacial score (nSPS) is 13.5. The Morgan fingerprint density at radius 2 is 1.12 bits per heavy atom. The molecule has 0 aromatic heterocycles. The highest BCUT2D eigenvalue weighted by Crippen LogP contribution is 2.20. The lowest BCUT2D eigenvalue weighted by molar-refractivity contribution is 0.538. The predicted octanol–water partition coefficient (Wildman–Crippen LogP) is 4.93. The van der Waals surface area contributed by atoms with Gasteiger partial charge >= 0.3 is 0 Å². The van der Waals surface area contributed by atoms with Crippen molar-refractivity contribution < 1.29 is 0 Å². The average Bonchev–Trinajstić information content (AvgIpc) is 2.06. The molecule has 1 nitrogen and oxygen atoms in total. The zero-order valence-electron chi connectivity index (χ0n) is 12.7. The first kappa shape index (κ1) is 16.4. The average molecular weight is 260 g/mol. The Hall–Kier alpha value is 0.394. The number of hydrogen-bond donors (Lipinski definition) is 0. The standard InChI is InChI=1S/C13H33NSi2/c1-8-9-10-11-12-13-14(15(2,3)4)16(5,6)7/h8-13H2,1-7H3. The molecular formula is C13H33NSi2. The highest BCUT2D eigenvalue weighted by atomic mass is 28.4. The number of rotatable bonds is 8. The molecule has 0 aliphatic carbocycles. The molecule has 0 unspecified atom stereocenters. The summed E-state index contributed by atoms with van der Waals surface area (Å²) in [6, 6.07) is 0. The highest BCUT2D eigenvalue weighted by molar-refractivity contribution is 6.89. The van der Waals surface area contributed by atoms with Gasteiger partial charge in [-0.25, -0.2) is 0 Å². The highest BCUT2D eigenvalue weighted by Gasteiger charge is 2.33. The summed E-state index contributed by atoms with van der Waals surface area (Å²) in [5.41, 5.74) is 0. The summed E-state index contributed by atoms with van der Waals surface area (Å²) in [6.07, 6.45) is 7.04. The van der Waals surface area contributed by atoms with Crippen LogP contribution in [0.25, 0.3) is 0 Å². The molecule has 0 saturated heterocycles. The Morgan fingerprint density at radius 1 is 0.688 bits per heavy atom. The summed E-state index contributed by atoms with van der Waals surface area (Å²) in [4.78, 5) is 0. The molecule has 0 N–H and O–H groups in total. The van der Waals surface area contributed by atoms with Gasteiger partial charge in [-0.15, -0.1) is 0 Å². The van der Waals surface area contributed by atoms with Gasteiger partial charge in [0.15, 0.2) is 0 Å². The van der Waals surface area contributed by atoms with Crippen LogP contribution < -0.4 is 0 Å². The SMILES string of the molecule is CCCCCCCN([Si](C)(C)C)[Si](C)(C)C. The van der Waals surface area contributed by atoms with Crippen LogP contribution in [0.3, 0.4) is 0 Å². The van der Waals surface area contributed by atoms with Gasteiger partial charge in [-0.2, -0.15) is 0 Å². The second-order valence-electron chi connectivity index (χ2n) is 6.91. The van der Waals surface area contributed by atoms with E-state index in [-0.39, 0.29) is 0 Å². The van der Waals surface area contributed by atoms with Crippen LogP contribution in [0.2, 0.25) is 39.3 Å². The lowest BCUT2D eigenvalue weighted by Gasteiger charge is -2.43. The van der Waals surface area contributed by atoms with Crippen LogP contribution in [0, 0.1) is 0 Å². The van der Waals surface area contributed by atoms with E-state index in [9.17, 15) is 0 Å². The van der Waals surface area contributed by atoms with E-state index in [0.717, 1.165) is 0 Å². The van der Waals surface area contributed by atoms with Crippen LogP contribution in [0.15, 0.2) is 0 Å². The second kappa shape index (κ2) is 6.97. The summed E-state index contributed by atoms with van der Waals surface area (Å²) >= 11 is 0. The summed E-state index contributed by atoms with van der Waals surface area (Å²) in [7, 11) is -2.19. The van der Waals surface area contributed by atoms with Crippen LogP contribution in [0.5, 0.6) is 0 Å². The van der Waals surface area contributed by atoms with Gasteiger partial charge in [-0.05, 0) is 13.0 Å². The van der Waals surface area contributed by atoms with Gasteiger partial charge in [-0.3, -0.25) is 0 Å². The minimum Gasteiger partial charge on any atom is -0.346 e. The van der Waals surface area contributed by atoms with Crippen molar-refractivity contribution >= 4 is 16.5 Å². The molecule has 0 radical (unpaired) electrons. The fraction of sp³-hybridized carbons (Fsp3) is 1.00. The van der Waals surface area contributed by atoms with Crippen molar-refractivity contribution in [2.45, 2.75) is 78.3 Å². The third-order valence-corrected chi connectivity index (χ3v) is 10.8. The molecule has 0 spiro atoms. The van der Waals surface area contributed by atoms with E-state index < -0.39 is 16.5 Å². The molecule has 0 bridgehead atoms. The maximum absolute atomic E-state index is 2.91. The second-order valence-corrected chi connectivity index (χ2v) is 17.1. The molecule has 0 heterocycles. The molecule has 0 atom stereocenters. The Kier molecular flexibility index (Phi) is 7.14. The van der Waals surface area contributed by atoms with Crippen LogP contribution in [0.4, 0.5) is 0 Å². The van der Waals surface area contributed by atoms with Gasteiger partial charge in [0, 0.05) is 0 Å². The van der Waals surface area contributed by atoms with E-state index in [1.54, 1.807) is 0 Å². The molecule has 0 aromatic carbocycles. The van der Waals surface area contributed by atoms with Crippen molar-refractivity contribution in [2.75, 3.05) is 6.54 Å². The van der Waals surface area contributed by atoms with Gasteiger partial charge in [0.1, 0.15) is 16.5 Å². The van der Waals surface area contributed by atoms with Gasteiger partial charge in [0.25, 0.3) is 0 Å². The number of hydrogen-bond acceptors (Lipinski definition) is 1. The van der Waals surface area contributed by atoms with Crippen molar-refractivity contribution in [1.29, 1.82) is 0 Å². The van der Waals surface area contributed by atoms with E-state index in [1.165, 1.54) is 38.6 Å². The van der Waals surface area contributed by atoms with Crippen molar-refractivity contribution in [3.05, 3.63) is 0 Å². The van der Waals surface area contributed by atoms with E-state index >= 15 is 0 Å². The van der Waals surface area contributed by atoms with Crippen LogP contribution >= 0.6 is 0 Å². The minimum absolute atomic E-state index is 1.10. The molecule has 0 fully saturated rings. The van der Waals surface area contributed by atoms with Gasteiger partial charge in [-0.1, -0.05) is 71.9 Å². The van der Waals surface area contributed by atoms with Crippen LogP contribution in [0.1, 0.15) is 39.0 Å². The minimum atomic E-state index is -1.10. The number of nitrogens with zero attached hydrogens (tertiary/aromatic N) is 1. The van der Waals surface area contributed by atoms with E-state index in [1.807, 2.05) is 0 Å². The topological polar surface area (TPSA) is 3.24 Å². The zero-order valence-corrected chi connectivity index (χ0v) is 14.7. The summed E-state index contributed by atoms with van der Waals surface area (Å²) < 4.78 is 2.91. The Morgan fingerprint density at radius 3 is 1.50 bits per heavy atom. The molecule has 16 heavy (non-hydrogen) atoms.